The third kappa shape index (κ3) is 8.71. The quantitative estimate of drug-likeness (QED) is 0.279. The minimum Gasteiger partial charge on any atom is -0.354 e. The molecule has 3 aromatic rings. The zero-order chi connectivity index (χ0) is 30.3. The molecule has 0 aromatic heterocycles. The number of nitrogens with zero attached hydrogens (tertiary/aromatic N) is 2. The minimum atomic E-state index is -3.87. The zero-order valence-electron chi connectivity index (χ0n) is 24.0. The fourth-order valence-corrected chi connectivity index (χ4v) is 5.85. The van der Waals surface area contributed by atoms with Crippen molar-refractivity contribution in [1.29, 1.82) is 0 Å². The highest BCUT2D eigenvalue weighted by atomic mass is 35.5. The lowest BCUT2D eigenvalue weighted by Crippen LogP contribution is -2.53. The van der Waals surface area contributed by atoms with E-state index in [4.69, 9.17) is 23.2 Å². The molecular weight excluding hydrogens is 581 g/mol. The summed E-state index contributed by atoms with van der Waals surface area (Å²) in [6.45, 7) is 7.47. The molecular formula is C31H37Cl2N3O4S. The smallest absolute Gasteiger partial charge is 0.244 e. The third-order valence-corrected chi connectivity index (χ3v) is 8.70. The van der Waals surface area contributed by atoms with E-state index >= 15 is 0 Å². The molecule has 1 N–H and O–H groups in total. The Balaban J connectivity index is 2.12. The number of rotatable bonds is 12. The summed E-state index contributed by atoms with van der Waals surface area (Å²) in [7, 11) is -3.87. The van der Waals surface area contributed by atoms with Gasteiger partial charge in [-0.05, 0) is 54.7 Å². The first-order valence-corrected chi connectivity index (χ1v) is 16.0. The van der Waals surface area contributed by atoms with E-state index in [0.717, 1.165) is 27.3 Å². The average molecular weight is 619 g/mol. The number of carbonyl (C=O) groups is 2. The molecule has 0 aliphatic heterocycles. The molecule has 0 heterocycles. The second-order valence-corrected chi connectivity index (χ2v) is 13.3. The predicted octanol–water partition coefficient (Wildman–Crippen LogP) is 5.79. The zero-order valence-corrected chi connectivity index (χ0v) is 26.4. The van der Waals surface area contributed by atoms with Gasteiger partial charge in [0.1, 0.15) is 12.6 Å². The van der Waals surface area contributed by atoms with E-state index in [1.165, 1.54) is 4.90 Å². The number of anilines is 1. The van der Waals surface area contributed by atoms with Crippen molar-refractivity contribution in [2.45, 2.75) is 46.7 Å². The first kappa shape index (κ1) is 32.4. The topological polar surface area (TPSA) is 86.8 Å². The van der Waals surface area contributed by atoms with Crippen molar-refractivity contribution in [2.24, 2.45) is 5.92 Å². The summed E-state index contributed by atoms with van der Waals surface area (Å²) < 4.78 is 27.1. The molecule has 0 fully saturated rings. The first-order valence-electron chi connectivity index (χ1n) is 13.4. The van der Waals surface area contributed by atoms with Crippen molar-refractivity contribution >= 4 is 50.7 Å². The van der Waals surface area contributed by atoms with Crippen molar-refractivity contribution in [3.63, 3.8) is 0 Å². The van der Waals surface area contributed by atoms with E-state index in [2.05, 4.69) is 5.32 Å². The largest absolute Gasteiger partial charge is 0.354 e. The van der Waals surface area contributed by atoms with Crippen LogP contribution >= 0.6 is 23.2 Å². The van der Waals surface area contributed by atoms with Crippen LogP contribution < -0.4 is 9.62 Å². The molecule has 0 saturated heterocycles. The molecule has 220 valence electrons. The molecule has 0 aliphatic carbocycles. The van der Waals surface area contributed by atoms with Crippen molar-refractivity contribution in [1.82, 2.24) is 10.2 Å². The van der Waals surface area contributed by atoms with Crippen LogP contribution in [0.15, 0.2) is 66.7 Å². The number of aryl methyl sites for hydroxylation is 1. The Morgan fingerprint density at radius 1 is 0.902 bits per heavy atom. The summed E-state index contributed by atoms with van der Waals surface area (Å²) >= 11 is 13.0. The molecule has 41 heavy (non-hydrogen) atoms. The van der Waals surface area contributed by atoms with Gasteiger partial charge in [-0.15, -0.1) is 0 Å². The van der Waals surface area contributed by atoms with E-state index < -0.39 is 28.5 Å². The number of carbonyl (C=O) groups excluding carboxylic acids is 2. The van der Waals surface area contributed by atoms with Gasteiger partial charge >= 0.3 is 0 Å². The van der Waals surface area contributed by atoms with Crippen LogP contribution in [0.1, 0.15) is 36.1 Å². The Morgan fingerprint density at radius 3 is 2.10 bits per heavy atom. The molecule has 1 unspecified atom stereocenters. The molecule has 3 rings (SSSR count). The summed E-state index contributed by atoms with van der Waals surface area (Å²) in [6, 6.07) is 18.7. The standard InChI is InChI=1S/C31H37Cl2N3O4S/c1-21(2)18-34-31(38)29(17-24-12-7-6-8-13-24)35(19-25-26(32)14-10-15-27(25)33)30(37)20-36(41(5,39)40)28-16-9-11-22(3)23(28)4/h6-16,21,29H,17-20H2,1-5H3,(H,34,38). The van der Waals surface area contributed by atoms with Crippen molar-refractivity contribution < 1.29 is 18.0 Å². The van der Waals surface area contributed by atoms with Gasteiger partial charge in [0.15, 0.2) is 0 Å². The molecule has 3 aromatic carbocycles. The minimum absolute atomic E-state index is 0.0889. The molecule has 2 amide bonds. The van der Waals surface area contributed by atoms with Crippen molar-refractivity contribution in [2.75, 3.05) is 23.7 Å². The monoisotopic (exact) mass is 617 g/mol. The van der Waals surface area contributed by atoms with Crippen LogP contribution in [-0.4, -0.2) is 50.5 Å². The van der Waals surface area contributed by atoms with Crippen molar-refractivity contribution in [3.8, 4) is 0 Å². The lowest BCUT2D eigenvalue weighted by Gasteiger charge is -2.34. The summed E-state index contributed by atoms with van der Waals surface area (Å²) in [5.41, 5.74) is 3.34. The van der Waals surface area contributed by atoms with Crippen LogP contribution in [0.4, 0.5) is 5.69 Å². The normalized spacial score (nSPS) is 12.2. The number of amides is 2. The fourth-order valence-electron chi connectivity index (χ4n) is 4.43. The Bertz CT molecular complexity index is 1460. The summed E-state index contributed by atoms with van der Waals surface area (Å²) in [6.07, 6.45) is 1.27. The Hall–Kier alpha value is -3.07. The maximum Gasteiger partial charge on any atom is 0.244 e. The maximum absolute atomic E-state index is 14.2. The van der Waals surface area contributed by atoms with Gasteiger partial charge in [0.25, 0.3) is 0 Å². The molecule has 0 radical (unpaired) electrons. The van der Waals surface area contributed by atoms with Gasteiger partial charge < -0.3 is 10.2 Å². The van der Waals surface area contributed by atoms with E-state index in [-0.39, 0.29) is 24.8 Å². The average Bonchev–Trinajstić information content (AvgIpc) is 2.91. The first-order chi connectivity index (χ1) is 19.3. The summed E-state index contributed by atoms with van der Waals surface area (Å²) in [5.74, 6) is -0.729. The summed E-state index contributed by atoms with van der Waals surface area (Å²) in [4.78, 5) is 29.3. The van der Waals surface area contributed by atoms with Gasteiger partial charge in [0, 0.05) is 35.1 Å². The number of benzene rings is 3. The van der Waals surface area contributed by atoms with Crippen molar-refractivity contribution in [3.05, 3.63) is 99.0 Å². The van der Waals surface area contributed by atoms with E-state index in [1.807, 2.05) is 64.1 Å². The van der Waals surface area contributed by atoms with Gasteiger partial charge in [-0.1, -0.05) is 85.6 Å². The second kappa shape index (κ2) is 14.2. The van der Waals surface area contributed by atoms with Crippen LogP contribution in [0.25, 0.3) is 0 Å². The SMILES string of the molecule is Cc1cccc(N(CC(=O)N(Cc2c(Cl)cccc2Cl)C(Cc2ccccc2)C(=O)NCC(C)C)S(C)(=O)=O)c1C. The van der Waals surface area contributed by atoms with Crippen LogP contribution in [0.2, 0.25) is 10.0 Å². The van der Waals surface area contributed by atoms with Gasteiger partial charge in [0.05, 0.1) is 11.9 Å². The number of hydrogen-bond acceptors (Lipinski definition) is 4. The molecule has 0 aliphatic rings. The lowest BCUT2D eigenvalue weighted by molar-refractivity contribution is -0.140. The number of hydrogen-bond donors (Lipinski definition) is 1. The van der Waals surface area contributed by atoms with Crippen LogP contribution in [0.3, 0.4) is 0 Å². The van der Waals surface area contributed by atoms with Gasteiger partial charge in [-0.25, -0.2) is 8.42 Å². The molecule has 0 bridgehead atoms. The van der Waals surface area contributed by atoms with Gasteiger partial charge in [0.2, 0.25) is 21.8 Å². The highest BCUT2D eigenvalue weighted by Crippen LogP contribution is 2.29. The van der Waals surface area contributed by atoms with E-state index in [0.29, 0.717) is 27.8 Å². The van der Waals surface area contributed by atoms with Gasteiger partial charge in [-0.3, -0.25) is 13.9 Å². The Morgan fingerprint density at radius 2 is 1.51 bits per heavy atom. The summed E-state index contributed by atoms with van der Waals surface area (Å²) in [5, 5.41) is 3.63. The van der Waals surface area contributed by atoms with Crippen LogP contribution in [-0.2, 0) is 32.6 Å². The highest BCUT2D eigenvalue weighted by molar-refractivity contribution is 7.92. The molecule has 0 saturated carbocycles. The van der Waals surface area contributed by atoms with Crippen LogP contribution in [0.5, 0.6) is 0 Å². The van der Waals surface area contributed by atoms with E-state index in [1.54, 1.807) is 30.3 Å². The maximum atomic E-state index is 14.2. The Labute approximate surface area is 253 Å². The second-order valence-electron chi connectivity index (χ2n) is 10.6. The number of sulfonamides is 1. The fraction of sp³-hybridized carbons (Fsp3) is 0.355. The van der Waals surface area contributed by atoms with Gasteiger partial charge in [-0.2, -0.15) is 0 Å². The van der Waals surface area contributed by atoms with E-state index in [9.17, 15) is 18.0 Å². The third-order valence-electron chi connectivity index (χ3n) is 6.87. The molecule has 0 spiro atoms. The highest BCUT2D eigenvalue weighted by Gasteiger charge is 2.34. The molecule has 7 nitrogen and oxygen atoms in total. The lowest BCUT2D eigenvalue weighted by atomic mass is 10.0. The van der Waals surface area contributed by atoms with Crippen LogP contribution in [0, 0.1) is 19.8 Å². The number of nitrogens with one attached hydrogen (secondary N) is 1. The predicted molar refractivity (Wildman–Crippen MR) is 167 cm³/mol. The molecule has 1 atom stereocenters. The Kier molecular flexibility index (Phi) is 11.2. The number of halogens is 2. The molecule has 10 heteroatoms.